The standard InChI is InChI=1S/C18H22N2OS/c1-20(2)15-9-7-14(8-10-15)19-17(21)18(11-3-4-12-18)16-6-5-13-22-16/h5-10,13H,3-4,11-12H2,1-2H3,(H,19,21). The molecule has 0 bridgehead atoms. The van der Waals surface area contributed by atoms with Crippen LogP contribution < -0.4 is 10.2 Å². The first-order chi connectivity index (χ1) is 10.6. The van der Waals surface area contributed by atoms with E-state index in [1.54, 1.807) is 11.3 Å². The lowest BCUT2D eigenvalue weighted by Gasteiger charge is -2.26. The zero-order valence-electron chi connectivity index (χ0n) is 13.1. The highest BCUT2D eigenvalue weighted by atomic mass is 32.1. The van der Waals surface area contributed by atoms with Crippen LogP contribution in [0.3, 0.4) is 0 Å². The summed E-state index contributed by atoms with van der Waals surface area (Å²) in [6.45, 7) is 0. The third-order valence-corrected chi connectivity index (χ3v) is 5.60. The lowest BCUT2D eigenvalue weighted by molar-refractivity contribution is -0.121. The van der Waals surface area contributed by atoms with Crippen LogP contribution in [0.5, 0.6) is 0 Å². The average molecular weight is 314 g/mol. The fourth-order valence-corrected chi connectivity index (χ4v) is 4.19. The summed E-state index contributed by atoms with van der Waals surface area (Å²) in [7, 11) is 4.02. The van der Waals surface area contributed by atoms with E-state index in [1.165, 1.54) is 4.88 Å². The Morgan fingerprint density at radius 3 is 2.36 bits per heavy atom. The molecule has 0 unspecified atom stereocenters. The molecule has 116 valence electrons. The number of carbonyl (C=O) groups excluding carboxylic acids is 1. The second kappa shape index (κ2) is 6.13. The van der Waals surface area contributed by atoms with Crippen LogP contribution in [0.2, 0.25) is 0 Å². The fourth-order valence-electron chi connectivity index (χ4n) is 3.21. The van der Waals surface area contributed by atoms with Gasteiger partial charge in [0.25, 0.3) is 0 Å². The maximum absolute atomic E-state index is 12.9. The van der Waals surface area contributed by atoms with E-state index in [9.17, 15) is 4.79 Å². The van der Waals surface area contributed by atoms with E-state index in [-0.39, 0.29) is 11.3 Å². The Labute approximate surface area is 136 Å². The molecule has 0 spiro atoms. The Balaban J connectivity index is 1.80. The molecule has 4 heteroatoms. The number of hydrogen-bond donors (Lipinski definition) is 1. The van der Waals surface area contributed by atoms with Gasteiger partial charge in [0, 0.05) is 30.3 Å². The highest BCUT2D eigenvalue weighted by Gasteiger charge is 2.43. The predicted molar refractivity (Wildman–Crippen MR) is 93.9 cm³/mol. The highest BCUT2D eigenvalue weighted by molar-refractivity contribution is 7.10. The monoisotopic (exact) mass is 314 g/mol. The van der Waals surface area contributed by atoms with Crippen molar-refractivity contribution < 1.29 is 4.79 Å². The third kappa shape index (κ3) is 2.75. The van der Waals surface area contributed by atoms with Crippen LogP contribution in [0.1, 0.15) is 30.6 Å². The first-order valence-electron chi connectivity index (χ1n) is 7.75. The number of rotatable bonds is 4. The second-order valence-corrected chi connectivity index (χ2v) is 7.11. The minimum atomic E-state index is -0.325. The van der Waals surface area contributed by atoms with Crippen molar-refractivity contribution in [1.82, 2.24) is 0 Å². The van der Waals surface area contributed by atoms with E-state index in [0.29, 0.717) is 0 Å². The molecule has 3 rings (SSSR count). The average Bonchev–Trinajstić information content (AvgIpc) is 3.19. The summed E-state index contributed by atoms with van der Waals surface area (Å²) in [5, 5.41) is 5.19. The Morgan fingerprint density at radius 2 is 1.82 bits per heavy atom. The molecule has 1 amide bonds. The van der Waals surface area contributed by atoms with Gasteiger partial charge in [0.1, 0.15) is 0 Å². The number of amides is 1. The van der Waals surface area contributed by atoms with Crippen molar-refractivity contribution in [2.24, 2.45) is 0 Å². The molecule has 1 aromatic carbocycles. The van der Waals surface area contributed by atoms with Crippen molar-refractivity contribution in [3.05, 3.63) is 46.7 Å². The zero-order valence-corrected chi connectivity index (χ0v) is 14.0. The van der Waals surface area contributed by atoms with Crippen LogP contribution in [-0.2, 0) is 10.2 Å². The Bertz CT molecular complexity index is 626. The fraction of sp³-hybridized carbons (Fsp3) is 0.389. The van der Waals surface area contributed by atoms with Crippen LogP contribution in [0.15, 0.2) is 41.8 Å². The summed E-state index contributed by atoms with van der Waals surface area (Å²) in [5.41, 5.74) is 1.68. The van der Waals surface area contributed by atoms with Gasteiger partial charge in [-0.25, -0.2) is 0 Å². The van der Waals surface area contributed by atoms with Crippen LogP contribution in [0.25, 0.3) is 0 Å². The van der Waals surface area contributed by atoms with Gasteiger partial charge >= 0.3 is 0 Å². The minimum absolute atomic E-state index is 0.144. The van der Waals surface area contributed by atoms with Crippen LogP contribution in [-0.4, -0.2) is 20.0 Å². The minimum Gasteiger partial charge on any atom is -0.378 e. The van der Waals surface area contributed by atoms with Gasteiger partial charge in [-0.3, -0.25) is 4.79 Å². The van der Waals surface area contributed by atoms with Gasteiger partial charge in [-0.1, -0.05) is 18.9 Å². The molecule has 1 fully saturated rings. The summed E-state index contributed by atoms with van der Waals surface area (Å²) in [6.07, 6.45) is 4.17. The van der Waals surface area contributed by atoms with Crippen molar-refractivity contribution in [3.63, 3.8) is 0 Å². The molecule has 1 aliphatic carbocycles. The zero-order chi connectivity index (χ0) is 15.6. The van der Waals surface area contributed by atoms with Crippen LogP contribution in [0, 0.1) is 0 Å². The predicted octanol–water partition coefficient (Wildman–Crippen LogP) is 4.26. The molecule has 1 aliphatic rings. The van der Waals surface area contributed by atoms with E-state index in [0.717, 1.165) is 37.1 Å². The molecule has 0 atom stereocenters. The van der Waals surface area contributed by atoms with Crippen molar-refractivity contribution >= 4 is 28.6 Å². The summed E-state index contributed by atoms with van der Waals surface area (Å²) >= 11 is 1.70. The van der Waals surface area contributed by atoms with Crippen molar-refractivity contribution in [3.8, 4) is 0 Å². The molecule has 2 aromatic rings. The smallest absolute Gasteiger partial charge is 0.235 e. The van der Waals surface area contributed by atoms with Gasteiger partial charge in [0.15, 0.2) is 0 Å². The number of nitrogens with zero attached hydrogens (tertiary/aromatic N) is 1. The van der Waals surface area contributed by atoms with Crippen molar-refractivity contribution in [2.45, 2.75) is 31.1 Å². The number of benzene rings is 1. The first kappa shape index (κ1) is 15.1. The molecule has 1 heterocycles. The first-order valence-corrected chi connectivity index (χ1v) is 8.63. The molecule has 22 heavy (non-hydrogen) atoms. The Hall–Kier alpha value is -1.81. The third-order valence-electron chi connectivity index (χ3n) is 4.53. The van der Waals surface area contributed by atoms with Gasteiger partial charge in [-0.15, -0.1) is 11.3 Å². The Kier molecular flexibility index (Phi) is 4.21. The molecule has 1 saturated carbocycles. The summed E-state index contributed by atoms with van der Waals surface area (Å²) < 4.78 is 0. The summed E-state index contributed by atoms with van der Waals surface area (Å²) in [6, 6.07) is 12.2. The maximum Gasteiger partial charge on any atom is 0.235 e. The lowest BCUT2D eigenvalue weighted by atomic mass is 9.83. The number of hydrogen-bond acceptors (Lipinski definition) is 3. The van der Waals surface area contributed by atoms with Gasteiger partial charge in [-0.2, -0.15) is 0 Å². The topological polar surface area (TPSA) is 32.3 Å². The van der Waals surface area contributed by atoms with Gasteiger partial charge in [-0.05, 0) is 48.6 Å². The van der Waals surface area contributed by atoms with Crippen LogP contribution in [0.4, 0.5) is 11.4 Å². The summed E-state index contributed by atoms with van der Waals surface area (Å²) in [5.74, 6) is 0.144. The number of carbonyl (C=O) groups is 1. The van der Waals surface area contributed by atoms with E-state index in [4.69, 9.17) is 0 Å². The SMILES string of the molecule is CN(C)c1ccc(NC(=O)C2(c3cccs3)CCCC2)cc1. The van der Waals surface area contributed by atoms with Crippen molar-refractivity contribution in [2.75, 3.05) is 24.3 Å². The van der Waals surface area contributed by atoms with Crippen LogP contribution >= 0.6 is 11.3 Å². The number of nitrogens with one attached hydrogen (secondary N) is 1. The largest absolute Gasteiger partial charge is 0.378 e. The van der Waals surface area contributed by atoms with Gasteiger partial charge < -0.3 is 10.2 Å². The van der Waals surface area contributed by atoms with Crippen molar-refractivity contribution in [1.29, 1.82) is 0 Å². The maximum atomic E-state index is 12.9. The molecular weight excluding hydrogens is 292 g/mol. The Morgan fingerprint density at radius 1 is 1.14 bits per heavy atom. The van der Waals surface area contributed by atoms with E-state index >= 15 is 0 Å². The molecule has 0 aliphatic heterocycles. The molecular formula is C18H22N2OS. The van der Waals surface area contributed by atoms with Gasteiger partial charge in [0.2, 0.25) is 5.91 Å². The van der Waals surface area contributed by atoms with Gasteiger partial charge in [0.05, 0.1) is 5.41 Å². The lowest BCUT2D eigenvalue weighted by Crippen LogP contribution is -2.37. The normalized spacial score (nSPS) is 16.5. The molecule has 3 nitrogen and oxygen atoms in total. The number of thiophene rings is 1. The molecule has 0 radical (unpaired) electrons. The van der Waals surface area contributed by atoms with E-state index in [2.05, 4.69) is 21.7 Å². The van der Waals surface area contributed by atoms with E-state index in [1.807, 2.05) is 44.4 Å². The van der Waals surface area contributed by atoms with E-state index < -0.39 is 0 Å². The second-order valence-electron chi connectivity index (χ2n) is 6.16. The summed E-state index contributed by atoms with van der Waals surface area (Å²) in [4.78, 5) is 16.2. The quantitative estimate of drug-likeness (QED) is 0.914. The molecule has 1 N–H and O–H groups in total. The molecule has 0 saturated heterocycles. The highest BCUT2D eigenvalue weighted by Crippen LogP contribution is 2.43. The molecule has 1 aromatic heterocycles. The number of anilines is 2.